The minimum absolute atomic E-state index is 0. The summed E-state index contributed by atoms with van der Waals surface area (Å²) in [5.41, 5.74) is 12.8. The van der Waals surface area contributed by atoms with Gasteiger partial charge in [-0.2, -0.15) is 42.5 Å². The Morgan fingerprint density at radius 2 is 1.51 bits per heavy atom. The molecule has 0 aliphatic heterocycles. The zero-order valence-electron chi connectivity index (χ0n) is 26.7. The summed E-state index contributed by atoms with van der Waals surface area (Å²) in [6.07, 6.45) is 6.28. The molecule has 4 aromatic heterocycles. The second-order valence-corrected chi connectivity index (χ2v) is 11.9. The Morgan fingerprint density at radius 3 is 2.28 bits per heavy atom. The Morgan fingerprint density at radius 1 is 0.723 bits per heavy atom. The summed E-state index contributed by atoms with van der Waals surface area (Å²) < 4.78 is 4.45. The van der Waals surface area contributed by atoms with E-state index < -0.39 is 0 Å². The van der Waals surface area contributed by atoms with Gasteiger partial charge in [0, 0.05) is 39.2 Å². The molecule has 230 valence electrons. The van der Waals surface area contributed by atoms with Crippen LogP contribution in [0.3, 0.4) is 0 Å². The molecule has 0 atom stereocenters. The van der Waals surface area contributed by atoms with Crippen LogP contribution >= 0.6 is 0 Å². The van der Waals surface area contributed by atoms with Crippen molar-refractivity contribution < 1.29 is 21.1 Å². The number of benzene rings is 4. The van der Waals surface area contributed by atoms with Crippen molar-refractivity contribution >= 4 is 39.0 Å². The number of rotatable bonds is 5. The van der Waals surface area contributed by atoms with E-state index in [0.717, 1.165) is 78.2 Å². The zero-order chi connectivity index (χ0) is 31.4. The van der Waals surface area contributed by atoms with Gasteiger partial charge in [0.2, 0.25) is 0 Å². The van der Waals surface area contributed by atoms with Gasteiger partial charge in [-0.05, 0) is 68.8 Å². The normalized spacial score (nSPS) is 11.6. The van der Waals surface area contributed by atoms with Crippen LogP contribution in [0.1, 0.15) is 29.3 Å². The standard InChI is InChI=1S/C42H32N4.Pt/c1-5-13-34-29(4)45(33-19-12-18-32(24-33)30-14-8-6-9-15-30)41-36(34)25-37-35-22-27(2)20-21-39(35)46(42(37)44-41)40-23-28(3)38(26-43-40)31-16-10-7-11-17-31;/h5-14,16-23,25-26H,1-4H3;/q-2;+2/b13-5+;. The topological polar surface area (TPSA) is 35.6 Å². The third kappa shape index (κ3) is 5.14. The Labute approximate surface area is 289 Å². The fraction of sp³-hybridized carbons (Fsp3) is 0.0952. The fourth-order valence-corrected chi connectivity index (χ4v) is 6.67. The van der Waals surface area contributed by atoms with Gasteiger partial charge in [-0.3, -0.25) is 4.57 Å². The molecule has 0 aliphatic carbocycles. The molecule has 0 bridgehead atoms. The maximum atomic E-state index is 5.50. The minimum atomic E-state index is 0. The van der Waals surface area contributed by atoms with Crippen LogP contribution in [0.15, 0.2) is 115 Å². The Balaban J connectivity index is 0.00000351. The van der Waals surface area contributed by atoms with E-state index in [-0.39, 0.29) is 21.1 Å². The van der Waals surface area contributed by atoms with Crippen LogP contribution in [-0.4, -0.2) is 19.1 Å². The molecule has 4 nitrogen and oxygen atoms in total. The van der Waals surface area contributed by atoms with Gasteiger partial charge in [-0.1, -0.05) is 54.1 Å². The van der Waals surface area contributed by atoms with E-state index in [1.807, 2.05) is 30.5 Å². The van der Waals surface area contributed by atoms with Crippen molar-refractivity contribution in [2.24, 2.45) is 0 Å². The number of aromatic nitrogens is 4. The van der Waals surface area contributed by atoms with Crippen molar-refractivity contribution in [3.8, 4) is 33.8 Å². The van der Waals surface area contributed by atoms with Crippen LogP contribution in [-0.2, 0) is 21.1 Å². The van der Waals surface area contributed by atoms with E-state index in [0.29, 0.717) is 0 Å². The molecule has 0 spiro atoms. The van der Waals surface area contributed by atoms with E-state index in [4.69, 9.17) is 9.97 Å². The van der Waals surface area contributed by atoms with Crippen LogP contribution in [0.4, 0.5) is 0 Å². The first-order valence-electron chi connectivity index (χ1n) is 15.6. The minimum Gasteiger partial charge on any atom is -0.317 e. The maximum Gasteiger partial charge on any atom is 2.00 e. The summed E-state index contributed by atoms with van der Waals surface area (Å²) >= 11 is 0. The van der Waals surface area contributed by atoms with Gasteiger partial charge < -0.3 is 4.57 Å². The van der Waals surface area contributed by atoms with Gasteiger partial charge in [0.05, 0.1) is 5.52 Å². The number of fused-ring (bicyclic) bond motifs is 4. The summed E-state index contributed by atoms with van der Waals surface area (Å²) in [6, 6.07) is 42.9. The summed E-state index contributed by atoms with van der Waals surface area (Å²) in [6.45, 7) is 8.53. The van der Waals surface area contributed by atoms with Crippen molar-refractivity contribution in [3.05, 3.63) is 150 Å². The van der Waals surface area contributed by atoms with Gasteiger partial charge in [-0.15, -0.1) is 12.1 Å². The molecule has 0 amide bonds. The molecular weight excluding hydrogens is 756 g/mol. The van der Waals surface area contributed by atoms with Crippen LogP contribution in [0.25, 0.3) is 72.8 Å². The van der Waals surface area contributed by atoms with Gasteiger partial charge in [0.25, 0.3) is 0 Å². The number of allylic oxidation sites excluding steroid dienone is 1. The van der Waals surface area contributed by atoms with Crippen LogP contribution in [0.5, 0.6) is 0 Å². The van der Waals surface area contributed by atoms with Crippen molar-refractivity contribution in [1.29, 1.82) is 0 Å². The second kappa shape index (κ2) is 12.3. The smallest absolute Gasteiger partial charge is 0.317 e. The molecule has 0 N–H and O–H groups in total. The molecule has 8 aromatic rings. The summed E-state index contributed by atoms with van der Waals surface area (Å²) in [7, 11) is 0. The quantitative estimate of drug-likeness (QED) is 0.163. The molecule has 4 aromatic carbocycles. The van der Waals surface area contributed by atoms with Gasteiger partial charge >= 0.3 is 21.1 Å². The number of nitrogens with zero attached hydrogens (tertiary/aromatic N) is 4. The molecule has 47 heavy (non-hydrogen) atoms. The largest absolute Gasteiger partial charge is 2.00 e. The third-order valence-electron chi connectivity index (χ3n) is 8.87. The molecule has 0 saturated carbocycles. The van der Waals surface area contributed by atoms with Crippen LogP contribution in [0.2, 0.25) is 0 Å². The predicted octanol–water partition coefficient (Wildman–Crippen LogP) is 10.4. The molecule has 0 unspecified atom stereocenters. The van der Waals surface area contributed by atoms with Crippen molar-refractivity contribution in [2.75, 3.05) is 0 Å². The number of hydrogen-bond donors (Lipinski definition) is 0. The van der Waals surface area contributed by atoms with Crippen molar-refractivity contribution in [1.82, 2.24) is 19.1 Å². The Bertz CT molecular complexity index is 2450. The summed E-state index contributed by atoms with van der Waals surface area (Å²) in [5.74, 6) is 0.851. The molecule has 0 fully saturated rings. The first kappa shape index (κ1) is 30.6. The fourth-order valence-electron chi connectivity index (χ4n) is 6.67. The maximum absolute atomic E-state index is 5.50. The van der Waals surface area contributed by atoms with E-state index in [1.165, 1.54) is 10.9 Å². The average Bonchev–Trinajstić information content (AvgIpc) is 3.54. The van der Waals surface area contributed by atoms with Crippen LogP contribution in [0, 0.1) is 32.9 Å². The average molecular weight is 788 g/mol. The number of aryl methyl sites for hydroxylation is 2. The van der Waals surface area contributed by atoms with Crippen molar-refractivity contribution in [3.63, 3.8) is 0 Å². The molecular formula is C42H32N4Pt. The second-order valence-electron chi connectivity index (χ2n) is 11.9. The summed E-state index contributed by atoms with van der Waals surface area (Å²) in [4.78, 5) is 10.5. The summed E-state index contributed by atoms with van der Waals surface area (Å²) in [5, 5.41) is 3.38. The van der Waals surface area contributed by atoms with Crippen molar-refractivity contribution in [2.45, 2.75) is 27.7 Å². The third-order valence-corrected chi connectivity index (χ3v) is 8.87. The first-order valence-corrected chi connectivity index (χ1v) is 15.6. The van der Waals surface area contributed by atoms with E-state index in [1.54, 1.807) is 0 Å². The molecule has 0 saturated heterocycles. The van der Waals surface area contributed by atoms with E-state index in [2.05, 4.69) is 140 Å². The van der Waals surface area contributed by atoms with E-state index in [9.17, 15) is 0 Å². The van der Waals surface area contributed by atoms with Crippen LogP contribution < -0.4 is 0 Å². The molecule has 0 radical (unpaired) electrons. The molecule has 0 aliphatic rings. The van der Waals surface area contributed by atoms with Gasteiger partial charge in [-0.25, -0.2) is 21.1 Å². The van der Waals surface area contributed by atoms with Gasteiger partial charge in [0.1, 0.15) is 17.1 Å². The molecule has 8 rings (SSSR count). The molecule has 5 heteroatoms. The Hall–Kier alpha value is -5.05. The van der Waals surface area contributed by atoms with E-state index >= 15 is 0 Å². The first-order chi connectivity index (χ1) is 22.5. The molecule has 4 heterocycles. The number of hydrogen-bond acceptors (Lipinski definition) is 2. The monoisotopic (exact) mass is 787 g/mol. The predicted molar refractivity (Wildman–Crippen MR) is 191 cm³/mol. The Kier molecular flexibility index (Phi) is 7.99. The zero-order valence-corrected chi connectivity index (χ0v) is 28.9. The van der Waals surface area contributed by atoms with Gasteiger partial charge in [0.15, 0.2) is 0 Å². The number of pyridine rings is 2. The SMILES string of the molecule is C/C=C/c1c(C)n(-c2[c-]c(-c3[c-]cccc3)ccc2)c2nc3c(cc12)c1cc(C)ccc1n3-c1cc(C)c(-c2ccccc2)cn1.[Pt+2].